The summed E-state index contributed by atoms with van der Waals surface area (Å²) in [5.74, 6) is 4.51. The molecule has 3 N–H and O–H groups in total. The number of morpholine rings is 1. The molecule has 0 unspecified atom stereocenters. The number of aromatic nitrogens is 2. The highest BCUT2D eigenvalue weighted by Gasteiger charge is 2.27. The number of carbonyl (C=O) groups is 1. The van der Waals surface area contributed by atoms with E-state index < -0.39 is 5.91 Å². The van der Waals surface area contributed by atoms with Crippen molar-refractivity contribution in [2.75, 3.05) is 24.6 Å². The van der Waals surface area contributed by atoms with E-state index in [1.54, 1.807) is 6.20 Å². The lowest BCUT2D eigenvalue weighted by Gasteiger charge is -2.39. The Morgan fingerprint density at radius 1 is 1.60 bits per heavy atom. The Labute approximate surface area is 116 Å². The maximum absolute atomic E-state index is 11.9. The summed E-state index contributed by atoms with van der Waals surface area (Å²) in [6, 6.07) is 1.47. The molecular formula is C12H19N5O3. The number of amides is 1. The maximum Gasteiger partial charge on any atom is 0.269 e. The van der Waals surface area contributed by atoms with E-state index in [2.05, 4.69) is 5.10 Å². The highest BCUT2D eigenvalue weighted by molar-refractivity contribution is 5.74. The molecule has 0 saturated carbocycles. The van der Waals surface area contributed by atoms with Crippen molar-refractivity contribution in [3.8, 4) is 0 Å². The molecule has 2 heterocycles. The van der Waals surface area contributed by atoms with Crippen LogP contribution in [0.1, 0.15) is 13.8 Å². The Bertz CT molecular complexity index is 554. The summed E-state index contributed by atoms with van der Waals surface area (Å²) in [5, 5.41) is 3.99. The van der Waals surface area contributed by atoms with Crippen LogP contribution in [0.3, 0.4) is 0 Å². The zero-order valence-electron chi connectivity index (χ0n) is 11.6. The summed E-state index contributed by atoms with van der Waals surface area (Å²) in [6.07, 6.45) is 1.58. The van der Waals surface area contributed by atoms with Crippen LogP contribution in [-0.4, -0.2) is 41.0 Å². The van der Waals surface area contributed by atoms with Gasteiger partial charge in [-0.15, -0.1) is 0 Å². The number of ether oxygens (including phenoxy) is 1. The fraction of sp³-hybridized carbons (Fsp3) is 0.583. The molecule has 110 valence electrons. The van der Waals surface area contributed by atoms with Crippen LogP contribution >= 0.6 is 0 Å². The van der Waals surface area contributed by atoms with Gasteiger partial charge in [0.15, 0.2) is 0 Å². The van der Waals surface area contributed by atoms with E-state index >= 15 is 0 Å². The van der Waals surface area contributed by atoms with Gasteiger partial charge in [-0.25, -0.2) is 10.5 Å². The first-order chi connectivity index (χ1) is 9.41. The van der Waals surface area contributed by atoms with E-state index in [9.17, 15) is 9.59 Å². The Kier molecular flexibility index (Phi) is 4.05. The van der Waals surface area contributed by atoms with Crippen molar-refractivity contribution in [2.24, 2.45) is 5.84 Å². The molecule has 1 aromatic rings. The third kappa shape index (κ3) is 3.34. The van der Waals surface area contributed by atoms with Gasteiger partial charge in [-0.2, -0.15) is 5.10 Å². The van der Waals surface area contributed by atoms with Crippen molar-refractivity contribution < 1.29 is 9.53 Å². The van der Waals surface area contributed by atoms with E-state index in [1.165, 1.54) is 6.07 Å². The van der Waals surface area contributed by atoms with Crippen LogP contribution in [0.15, 0.2) is 17.1 Å². The monoisotopic (exact) mass is 281 g/mol. The van der Waals surface area contributed by atoms with Gasteiger partial charge in [0.1, 0.15) is 6.54 Å². The second kappa shape index (κ2) is 5.59. The van der Waals surface area contributed by atoms with Gasteiger partial charge in [0.05, 0.1) is 24.1 Å². The first-order valence-corrected chi connectivity index (χ1v) is 6.37. The van der Waals surface area contributed by atoms with Crippen molar-refractivity contribution in [1.82, 2.24) is 15.2 Å². The number of hydrazine groups is 1. The van der Waals surface area contributed by atoms with Gasteiger partial charge >= 0.3 is 0 Å². The van der Waals surface area contributed by atoms with Gasteiger partial charge in [-0.1, -0.05) is 0 Å². The second-order valence-electron chi connectivity index (χ2n) is 5.31. The fourth-order valence-corrected chi connectivity index (χ4v) is 2.13. The molecule has 1 saturated heterocycles. The van der Waals surface area contributed by atoms with Crippen molar-refractivity contribution >= 4 is 11.6 Å². The van der Waals surface area contributed by atoms with Crippen molar-refractivity contribution in [2.45, 2.75) is 26.0 Å². The predicted octanol–water partition coefficient (Wildman–Crippen LogP) is -1.15. The molecule has 0 aliphatic carbocycles. The quantitative estimate of drug-likeness (QED) is 0.412. The molecule has 8 nitrogen and oxygen atoms in total. The van der Waals surface area contributed by atoms with E-state index in [0.717, 1.165) is 10.4 Å². The van der Waals surface area contributed by atoms with E-state index in [1.807, 2.05) is 24.2 Å². The van der Waals surface area contributed by atoms with Crippen LogP contribution in [-0.2, 0) is 16.1 Å². The molecule has 1 aliphatic heterocycles. The number of rotatable bonds is 3. The normalized spacial score (nSPS) is 17.9. The molecule has 0 aromatic carbocycles. The third-order valence-corrected chi connectivity index (χ3v) is 3.10. The van der Waals surface area contributed by atoms with Crippen LogP contribution < -0.4 is 21.7 Å². The minimum absolute atomic E-state index is 0.190. The number of anilines is 1. The Morgan fingerprint density at radius 2 is 2.35 bits per heavy atom. The Hall–Kier alpha value is -1.93. The Balaban J connectivity index is 2.16. The fourth-order valence-electron chi connectivity index (χ4n) is 2.13. The molecule has 1 amide bonds. The lowest BCUT2D eigenvalue weighted by atomic mass is 10.1. The highest BCUT2D eigenvalue weighted by atomic mass is 16.5. The summed E-state index contributed by atoms with van der Waals surface area (Å²) < 4.78 is 6.69. The minimum atomic E-state index is -0.472. The summed E-state index contributed by atoms with van der Waals surface area (Å²) in [6.45, 7) is 5.80. The SMILES string of the molecule is CC1(C)CN(c2cnn(CC(=O)NN)c(=O)c2)CCO1. The summed E-state index contributed by atoms with van der Waals surface area (Å²) in [4.78, 5) is 25.1. The minimum Gasteiger partial charge on any atom is -0.372 e. The van der Waals surface area contributed by atoms with E-state index in [0.29, 0.717) is 19.7 Å². The summed E-state index contributed by atoms with van der Waals surface area (Å²) >= 11 is 0. The standard InChI is InChI=1S/C12H19N5O3/c1-12(2)8-16(3-4-20-12)9-5-11(19)17(14-6-9)7-10(18)15-13/h5-6H,3-4,7-8,13H2,1-2H3,(H,15,18). The summed E-state index contributed by atoms with van der Waals surface area (Å²) in [7, 11) is 0. The van der Waals surface area contributed by atoms with Crippen LogP contribution in [0.2, 0.25) is 0 Å². The number of nitrogens with one attached hydrogen (secondary N) is 1. The van der Waals surface area contributed by atoms with E-state index in [4.69, 9.17) is 10.6 Å². The zero-order chi connectivity index (χ0) is 14.8. The summed E-state index contributed by atoms with van der Waals surface area (Å²) in [5.41, 5.74) is 2.10. The largest absolute Gasteiger partial charge is 0.372 e. The molecule has 2 rings (SSSR count). The number of carbonyl (C=O) groups excluding carboxylic acids is 1. The molecular weight excluding hydrogens is 262 g/mol. The molecule has 20 heavy (non-hydrogen) atoms. The topological polar surface area (TPSA) is 102 Å². The molecule has 8 heteroatoms. The molecule has 0 spiro atoms. The van der Waals surface area contributed by atoms with Crippen molar-refractivity contribution in [3.05, 3.63) is 22.6 Å². The van der Waals surface area contributed by atoms with Gasteiger partial charge in [0.25, 0.3) is 11.5 Å². The number of hydrogen-bond donors (Lipinski definition) is 2. The maximum atomic E-state index is 11.9. The third-order valence-electron chi connectivity index (χ3n) is 3.10. The van der Waals surface area contributed by atoms with Crippen LogP contribution in [0.4, 0.5) is 5.69 Å². The second-order valence-corrected chi connectivity index (χ2v) is 5.31. The number of hydrogen-bond acceptors (Lipinski definition) is 6. The zero-order valence-corrected chi connectivity index (χ0v) is 11.6. The van der Waals surface area contributed by atoms with Gasteiger partial charge in [-0.05, 0) is 13.8 Å². The lowest BCUT2D eigenvalue weighted by molar-refractivity contribution is -0.122. The average molecular weight is 281 g/mol. The number of nitrogens with two attached hydrogens (primary N) is 1. The van der Waals surface area contributed by atoms with Gasteiger partial charge in [0, 0.05) is 19.2 Å². The average Bonchev–Trinajstić information content (AvgIpc) is 2.39. The molecule has 0 atom stereocenters. The van der Waals surface area contributed by atoms with E-state index in [-0.39, 0.29) is 17.7 Å². The molecule has 1 aliphatic rings. The van der Waals surface area contributed by atoms with Crippen molar-refractivity contribution in [3.63, 3.8) is 0 Å². The number of nitrogens with zero attached hydrogens (tertiary/aromatic N) is 3. The molecule has 0 bridgehead atoms. The van der Waals surface area contributed by atoms with Crippen molar-refractivity contribution in [1.29, 1.82) is 0 Å². The van der Waals surface area contributed by atoms with Gasteiger partial charge in [0.2, 0.25) is 0 Å². The lowest BCUT2D eigenvalue weighted by Crippen LogP contribution is -2.48. The molecule has 0 radical (unpaired) electrons. The Morgan fingerprint density at radius 3 is 2.95 bits per heavy atom. The van der Waals surface area contributed by atoms with Crippen LogP contribution in [0.5, 0.6) is 0 Å². The molecule has 1 fully saturated rings. The first kappa shape index (κ1) is 14.5. The van der Waals surface area contributed by atoms with Crippen LogP contribution in [0, 0.1) is 0 Å². The van der Waals surface area contributed by atoms with Gasteiger partial charge in [-0.3, -0.25) is 15.0 Å². The first-order valence-electron chi connectivity index (χ1n) is 6.37. The van der Waals surface area contributed by atoms with Gasteiger partial charge < -0.3 is 9.64 Å². The smallest absolute Gasteiger partial charge is 0.269 e. The highest BCUT2D eigenvalue weighted by Crippen LogP contribution is 2.21. The predicted molar refractivity (Wildman–Crippen MR) is 73.1 cm³/mol. The molecule has 1 aromatic heterocycles. The van der Waals surface area contributed by atoms with Crippen LogP contribution in [0.25, 0.3) is 0 Å².